The summed E-state index contributed by atoms with van der Waals surface area (Å²) in [6.45, 7) is 0.384. The van der Waals surface area contributed by atoms with Crippen LogP contribution in [0.25, 0.3) is 0 Å². The molecule has 2 fully saturated rings. The van der Waals surface area contributed by atoms with Gasteiger partial charge in [0.25, 0.3) is 0 Å². The molecule has 1 aromatic rings. The highest BCUT2D eigenvalue weighted by Gasteiger charge is 2.38. The lowest BCUT2D eigenvalue weighted by molar-refractivity contribution is -0.141. The zero-order valence-corrected chi connectivity index (χ0v) is 14.6. The Labute approximate surface area is 147 Å². The summed E-state index contributed by atoms with van der Waals surface area (Å²) in [5.41, 5.74) is 7.13. The SMILES string of the molecule is NC(CNC(=O)C1CSCN1C(=O)C1CCCC1)c1ccccc1. The van der Waals surface area contributed by atoms with E-state index in [2.05, 4.69) is 5.32 Å². The fraction of sp³-hybridized carbons (Fsp3) is 0.556. The zero-order valence-electron chi connectivity index (χ0n) is 13.8. The predicted molar refractivity (Wildman–Crippen MR) is 96.3 cm³/mol. The van der Waals surface area contributed by atoms with Crippen molar-refractivity contribution in [1.29, 1.82) is 0 Å². The molecular formula is C18H25N3O2S. The van der Waals surface area contributed by atoms with Gasteiger partial charge in [0.2, 0.25) is 11.8 Å². The Bertz CT molecular complexity index is 575. The van der Waals surface area contributed by atoms with Crippen molar-refractivity contribution in [2.24, 2.45) is 11.7 Å². The van der Waals surface area contributed by atoms with Gasteiger partial charge >= 0.3 is 0 Å². The van der Waals surface area contributed by atoms with Crippen molar-refractivity contribution in [3.63, 3.8) is 0 Å². The molecule has 2 aliphatic rings. The standard InChI is InChI=1S/C18H25N3O2S/c19-15(13-6-2-1-3-7-13)10-20-17(22)16-11-24-12-21(16)18(23)14-8-4-5-9-14/h1-3,6-7,14-16H,4-5,8-12,19H2,(H,20,22). The molecule has 0 bridgehead atoms. The van der Waals surface area contributed by atoms with Crippen molar-refractivity contribution in [3.05, 3.63) is 35.9 Å². The molecule has 0 spiro atoms. The van der Waals surface area contributed by atoms with Gasteiger partial charge in [-0.25, -0.2) is 0 Å². The number of carbonyl (C=O) groups is 2. The third-order valence-electron chi connectivity index (χ3n) is 4.90. The number of rotatable bonds is 5. The topological polar surface area (TPSA) is 75.4 Å². The number of nitrogens with two attached hydrogens (primary N) is 1. The van der Waals surface area contributed by atoms with E-state index in [1.54, 1.807) is 16.7 Å². The summed E-state index contributed by atoms with van der Waals surface area (Å²) in [4.78, 5) is 26.9. The lowest BCUT2D eigenvalue weighted by Crippen LogP contribution is -2.49. The van der Waals surface area contributed by atoms with Gasteiger partial charge in [-0.3, -0.25) is 9.59 Å². The first-order valence-corrected chi connectivity index (χ1v) is 9.78. The molecule has 1 saturated carbocycles. The second-order valence-electron chi connectivity index (χ2n) is 6.57. The number of amides is 2. The van der Waals surface area contributed by atoms with E-state index in [1.165, 1.54) is 0 Å². The second-order valence-corrected chi connectivity index (χ2v) is 7.57. The van der Waals surface area contributed by atoms with Gasteiger partial charge in [-0.1, -0.05) is 43.2 Å². The summed E-state index contributed by atoms with van der Waals surface area (Å²) in [6.07, 6.45) is 4.18. The number of nitrogens with one attached hydrogen (secondary N) is 1. The Morgan fingerprint density at radius 2 is 1.96 bits per heavy atom. The van der Waals surface area contributed by atoms with Crippen LogP contribution in [0.2, 0.25) is 0 Å². The van der Waals surface area contributed by atoms with E-state index in [4.69, 9.17) is 5.73 Å². The Kier molecular flexibility index (Phi) is 5.79. The largest absolute Gasteiger partial charge is 0.352 e. The molecule has 2 atom stereocenters. The number of hydrogen-bond donors (Lipinski definition) is 2. The predicted octanol–water partition coefficient (Wildman–Crippen LogP) is 1.89. The van der Waals surface area contributed by atoms with Crippen LogP contribution in [-0.2, 0) is 9.59 Å². The molecule has 24 heavy (non-hydrogen) atoms. The van der Waals surface area contributed by atoms with Gasteiger partial charge in [0, 0.05) is 24.3 Å². The molecule has 0 aromatic heterocycles. The van der Waals surface area contributed by atoms with E-state index in [0.29, 0.717) is 18.2 Å². The highest BCUT2D eigenvalue weighted by atomic mass is 32.2. The molecule has 130 valence electrons. The average molecular weight is 347 g/mol. The molecular weight excluding hydrogens is 322 g/mol. The summed E-state index contributed by atoms with van der Waals surface area (Å²) in [5.74, 6) is 1.48. The minimum absolute atomic E-state index is 0.0854. The van der Waals surface area contributed by atoms with Gasteiger partial charge in [0.05, 0.1) is 5.88 Å². The van der Waals surface area contributed by atoms with Crippen LogP contribution < -0.4 is 11.1 Å². The fourth-order valence-electron chi connectivity index (χ4n) is 3.43. The molecule has 1 aliphatic carbocycles. The van der Waals surface area contributed by atoms with E-state index in [0.717, 1.165) is 31.2 Å². The maximum Gasteiger partial charge on any atom is 0.243 e. The number of nitrogens with zero attached hydrogens (tertiary/aromatic N) is 1. The Hall–Kier alpha value is -1.53. The molecule has 1 saturated heterocycles. The number of hydrogen-bond acceptors (Lipinski definition) is 4. The first-order chi connectivity index (χ1) is 11.7. The van der Waals surface area contributed by atoms with Crippen LogP contribution in [0.5, 0.6) is 0 Å². The van der Waals surface area contributed by atoms with E-state index in [9.17, 15) is 9.59 Å². The van der Waals surface area contributed by atoms with Crippen LogP contribution in [0.1, 0.15) is 37.3 Å². The summed E-state index contributed by atoms with van der Waals surface area (Å²) in [7, 11) is 0. The molecule has 0 radical (unpaired) electrons. The number of benzene rings is 1. The molecule has 2 amide bonds. The van der Waals surface area contributed by atoms with Crippen molar-refractivity contribution in [1.82, 2.24) is 10.2 Å². The van der Waals surface area contributed by atoms with Gasteiger partial charge in [-0.2, -0.15) is 0 Å². The third kappa shape index (κ3) is 3.92. The van der Waals surface area contributed by atoms with Gasteiger partial charge in [-0.15, -0.1) is 11.8 Å². The van der Waals surface area contributed by atoms with Gasteiger partial charge in [0.1, 0.15) is 6.04 Å². The molecule has 5 nitrogen and oxygen atoms in total. The van der Waals surface area contributed by atoms with Crippen molar-refractivity contribution >= 4 is 23.6 Å². The average Bonchev–Trinajstić information content (AvgIpc) is 3.31. The normalized spacial score (nSPS) is 22.5. The molecule has 3 N–H and O–H groups in total. The van der Waals surface area contributed by atoms with Crippen molar-refractivity contribution in [2.45, 2.75) is 37.8 Å². The molecule has 1 aromatic carbocycles. The quantitative estimate of drug-likeness (QED) is 0.853. The number of carbonyl (C=O) groups excluding carboxylic acids is 2. The van der Waals surface area contributed by atoms with E-state index in [-0.39, 0.29) is 29.8 Å². The first-order valence-electron chi connectivity index (χ1n) is 8.63. The first kappa shape index (κ1) is 17.3. The Morgan fingerprint density at radius 1 is 1.25 bits per heavy atom. The summed E-state index contributed by atoms with van der Waals surface area (Å²) >= 11 is 1.65. The molecule has 3 rings (SSSR count). The molecule has 2 unspecified atom stereocenters. The summed E-state index contributed by atoms with van der Waals surface area (Å²) in [5, 5.41) is 2.93. The minimum Gasteiger partial charge on any atom is -0.352 e. The Morgan fingerprint density at radius 3 is 2.67 bits per heavy atom. The number of thioether (sulfide) groups is 1. The highest BCUT2D eigenvalue weighted by molar-refractivity contribution is 7.99. The fourth-order valence-corrected chi connectivity index (χ4v) is 4.59. The third-order valence-corrected chi connectivity index (χ3v) is 5.91. The van der Waals surface area contributed by atoms with Crippen LogP contribution in [-0.4, -0.2) is 40.9 Å². The van der Waals surface area contributed by atoms with Crippen molar-refractivity contribution in [3.8, 4) is 0 Å². The van der Waals surface area contributed by atoms with E-state index < -0.39 is 0 Å². The summed E-state index contributed by atoms with van der Waals surface area (Å²) < 4.78 is 0. The maximum absolute atomic E-state index is 12.6. The Balaban J connectivity index is 1.54. The van der Waals surface area contributed by atoms with E-state index in [1.807, 2.05) is 30.3 Å². The van der Waals surface area contributed by atoms with Crippen LogP contribution in [0.15, 0.2) is 30.3 Å². The van der Waals surface area contributed by atoms with Crippen molar-refractivity contribution in [2.75, 3.05) is 18.2 Å². The van der Waals surface area contributed by atoms with Gasteiger partial charge in [0.15, 0.2) is 0 Å². The van der Waals surface area contributed by atoms with Crippen molar-refractivity contribution < 1.29 is 9.59 Å². The highest BCUT2D eigenvalue weighted by Crippen LogP contribution is 2.30. The van der Waals surface area contributed by atoms with E-state index >= 15 is 0 Å². The minimum atomic E-state index is -0.355. The zero-order chi connectivity index (χ0) is 16.9. The molecule has 1 heterocycles. The lowest BCUT2D eigenvalue weighted by atomic mass is 10.1. The van der Waals surface area contributed by atoms with Crippen LogP contribution in [0, 0.1) is 5.92 Å². The second kappa shape index (κ2) is 8.03. The van der Waals surface area contributed by atoms with Crippen LogP contribution >= 0.6 is 11.8 Å². The van der Waals surface area contributed by atoms with Gasteiger partial charge in [-0.05, 0) is 18.4 Å². The summed E-state index contributed by atoms with van der Waals surface area (Å²) in [6, 6.07) is 9.14. The molecule has 1 aliphatic heterocycles. The molecule has 6 heteroatoms. The van der Waals surface area contributed by atoms with Crippen LogP contribution in [0.3, 0.4) is 0 Å². The smallest absolute Gasteiger partial charge is 0.243 e. The maximum atomic E-state index is 12.6. The lowest BCUT2D eigenvalue weighted by Gasteiger charge is -2.26. The van der Waals surface area contributed by atoms with Crippen LogP contribution in [0.4, 0.5) is 0 Å². The monoisotopic (exact) mass is 347 g/mol. The van der Waals surface area contributed by atoms with Gasteiger partial charge < -0.3 is 16.0 Å².